The Morgan fingerprint density at radius 3 is 2.47 bits per heavy atom. The molecule has 0 fully saturated rings. The first-order valence-electron chi connectivity index (χ1n) is 9.02. The Kier molecular flexibility index (Phi) is 6.68. The maximum absolute atomic E-state index is 12.4. The first-order chi connectivity index (χ1) is 14.3. The minimum Gasteiger partial charge on any atom is -0.459 e. The number of esters is 1. The summed E-state index contributed by atoms with van der Waals surface area (Å²) in [4.78, 5) is 36.6. The van der Waals surface area contributed by atoms with Crippen LogP contribution in [0.1, 0.15) is 32.0 Å². The molecule has 0 spiro atoms. The van der Waals surface area contributed by atoms with Crippen LogP contribution in [-0.4, -0.2) is 24.4 Å². The summed E-state index contributed by atoms with van der Waals surface area (Å²) in [6.07, 6.45) is 1.40. The molecule has 154 valence electrons. The largest absolute Gasteiger partial charge is 0.459 e. The lowest BCUT2D eigenvalue weighted by molar-refractivity contribution is -0.119. The SMILES string of the molecule is Cc1cc(Br)ccc1NC(=O)COC(=O)c1ccc(C)c(NC(=O)c2ccco2)c1. The first kappa shape index (κ1) is 21.3. The Morgan fingerprint density at radius 1 is 0.967 bits per heavy atom. The number of amides is 2. The molecule has 1 aromatic heterocycles. The summed E-state index contributed by atoms with van der Waals surface area (Å²) in [5.41, 5.74) is 2.93. The highest BCUT2D eigenvalue weighted by molar-refractivity contribution is 9.10. The summed E-state index contributed by atoms with van der Waals surface area (Å²) >= 11 is 3.36. The third-order valence-corrected chi connectivity index (χ3v) is 4.76. The monoisotopic (exact) mass is 470 g/mol. The maximum atomic E-state index is 12.4. The standard InChI is InChI=1S/C22H19BrN2O5/c1-13-5-6-15(11-18(13)25-21(27)19-4-3-9-29-19)22(28)30-12-20(26)24-17-8-7-16(23)10-14(17)2/h3-11H,12H2,1-2H3,(H,24,26)(H,25,27). The lowest BCUT2D eigenvalue weighted by Gasteiger charge is -2.11. The van der Waals surface area contributed by atoms with E-state index in [9.17, 15) is 14.4 Å². The predicted molar refractivity (Wildman–Crippen MR) is 116 cm³/mol. The van der Waals surface area contributed by atoms with Crippen molar-refractivity contribution < 1.29 is 23.5 Å². The molecule has 2 amide bonds. The summed E-state index contributed by atoms with van der Waals surface area (Å²) < 4.78 is 11.1. The van der Waals surface area contributed by atoms with Crippen LogP contribution < -0.4 is 10.6 Å². The fraction of sp³-hybridized carbons (Fsp3) is 0.136. The van der Waals surface area contributed by atoms with Gasteiger partial charge in [-0.2, -0.15) is 0 Å². The molecule has 2 aromatic carbocycles. The molecule has 0 saturated heterocycles. The zero-order chi connectivity index (χ0) is 21.7. The summed E-state index contributed by atoms with van der Waals surface area (Å²) in [5, 5.41) is 5.39. The van der Waals surface area contributed by atoms with Crippen LogP contribution in [-0.2, 0) is 9.53 Å². The number of carbonyl (C=O) groups excluding carboxylic acids is 3. The van der Waals surface area contributed by atoms with Crippen molar-refractivity contribution in [2.24, 2.45) is 0 Å². The Labute approximate surface area is 181 Å². The molecule has 0 aliphatic rings. The Balaban J connectivity index is 1.61. The van der Waals surface area contributed by atoms with Gasteiger partial charge in [0.2, 0.25) is 0 Å². The van der Waals surface area contributed by atoms with E-state index < -0.39 is 24.4 Å². The van der Waals surface area contributed by atoms with Crippen LogP contribution in [0.4, 0.5) is 11.4 Å². The molecule has 0 radical (unpaired) electrons. The number of anilines is 2. The molecule has 3 aromatic rings. The van der Waals surface area contributed by atoms with Gasteiger partial charge in [0.15, 0.2) is 12.4 Å². The van der Waals surface area contributed by atoms with E-state index in [0.29, 0.717) is 11.4 Å². The molecule has 0 aliphatic carbocycles. The van der Waals surface area contributed by atoms with E-state index in [2.05, 4.69) is 26.6 Å². The summed E-state index contributed by atoms with van der Waals surface area (Å²) in [7, 11) is 0. The fourth-order valence-corrected chi connectivity index (χ4v) is 3.12. The zero-order valence-electron chi connectivity index (χ0n) is 16.3. The van der Waals surface area contributed by atoms with E-state index in [1.54, 1.807) is 37.3 Å². The molecular formula is C22H19BrN2O5. The Hall–Kier alpha value is -3.39. The van der Waals surface area contributed by atoms with Gasteiger partial charge in [0.25, 0.3) is 11.8 Å². The van der Waals surface area contributed by atoms with Gasteiger partial charge in [-0.15, -0.1) is 0 Å². The minimum absolute atomic E-state index is 0.155. The fourth-order valence-electron chi connectivity index (χ4n) is 2.64. The van der Waals surface area contributed by atoms with Crippen molar-refractivity contribution in [3.63, 3.8) is 0 Å². The molecule has 0 aliphatic heterocycles. The molecule has 0 atom stereocenters. The van der Waals surface area contributed by atoms with E-state index in [-0.39, 0.29) is 11.3 Å². The lowest BCUT2D eigenvalue weighted by atomic mass is 10.1. The van der Waals surface area contributed by atoms with Crippen LogP contribution in [0, 0.1) is 13.8 Å². The number of rotatable bonds is 6. The van der Waals surface area contributed by atoms with Crippen LogP contribution in [0.3, 0.4) is 0 Å². The topological polar surface area (TPSA) is 97.6 Å². The van der Waals surface area contributed by atoms with Crippen LogP contribution in [0.25, 0.3) is 0 Å². The van der Waals surface area contributed by atoms with E-state index in [0.717, 1.165) is 15.6 Å². The van der Waals surface area contributed by atoms with Crippen molar-refractivity contribution in [2.75, 3.05) is 17.2 Å². The third-order valence-electron chi connectivity index (χ3n) is 4.26. The number of furan rings is 1. The summed E-state index contributed by atoms with van der Waals surface area (Å²) in [6, 6.07) is 13.3. The molecule has 7 nitrogen and oxygen atoms in total. The predicted octanol–water partition coefficient (Wildman–Crippen LogP) is 4.71. The van der Waals surface area contributed by atoms with Crippen molar-refractivity contribution >= 4 is 45.1 Å². The zero-order valence-corrected chi connectivity index (χ0v) is 17.9. The Morgan fingerprint density at radius 2 is 1.77 bits per heavy atom. The average molecular weight is 471 g/mol. The molecule has 0 bridgehead atoms. The van der Waals surface area contributed by atoms with Crippen LogP contribution in [0.5, 0.6) is 0 Å². The number of ether oxygens (including phenoxy) is 1. The van der Waals surface area contributed by atoms with Gasteiger partial charge in [0.1, 0.15) is 0 Å². The van der Waals surface area contributed by atoms with Gasteiger partial charge < -0.3 is 19.8 Å². The van der Waals surface area contributed by atoms with Gasteiger partial charge in [-0.1, -0.05) is 22.0 Å². The number of nitrogens with one attached hydrogen (secondary N) is 2. The average Bonchev–Trinajstić information content (AvgIpc) is 3.25. The van der Waals surface area contributed by atoms with Gasteiger partial charge in [-0.25, -0.2) is 4.79 Å². The number of aryl methyl sites for hydroxylation is 2. The maximum Gasteiger partial charge on any atom is 0.338 e. The smallest absolute Gasteiger partial charge is 0.338 e. The lowest BCUT2D eigenvalue weighted by Crippen LogP contribution is -2.21. The molecule has 30 heavy (non-hydrogen) atoms. The second kappa shape index (κ2) is 9.41. The summed E-state index contributed by atoms with van der Waals surface area (Å²) in [5.74, 6) is -1.40. The first-order valence-corrected chi connectivity index (χ1v) is 9.81. The minimum atomic E-state index is -0.675. The number of benzene rings is 2. The number of hydrogen-bond donors (Lipinski definition) is 2. The Bertz CT molecular complexity index is 1090. The van der Waals surface area contributed by atoms with Crippen LogP contribution in [0.15, 0.2) is 63.7 Å². The molecule has 3 rings (SSSR count). The molecule has 0 saturated carbocycles. The van der Waals surface area contributed by atoms with E-state index in [1.807, 2.05) is 13.0 Å². The van der Waals surface area contributed by atoms with Gasteiger partial charge in [-0.3, -0.25) is 9.59 Å². The quantitative estimate of drug-likeness (QED) is 0.508. The van der Waals surface area contributed by atoms with Crippen molar-refractivity contribution in [1.29, 1.82) is 0 Å². The second-order valence-electron chi connectivity index (χ2n) is 6.54. The molecule has 0 unspecified atom stereocenters. The van der Waals surface area contributed by atoms with Gasteiger partial charge in [0.05, 0.1) is 11.8 Å². The van der Waals surface area contributed by atoms with Gasteiger partial charge >= 0.3 is 5.97 Å². The molecular weight excluding hydrogens is 452 g/mol. The van der Waals surface area contributed by atoms with E-state index >= 15 is 0 Å². The van der Waals surface area contributed by atoms with Crippen molar-refractivity contribution in [2.45, 2.75) is 13.8 Å². The highest BCUT2D eigenvalue weighted by atomic mass is 79.9. The number of hydrogen-bond acceptors (Lipinski definition) is 5. The van der Waals surface area contributed by atoms with Gasteiger partial charge in [-0.05, 0) is 67.4 Å². The van der Waals surface area contributed by atoms with E-state index in [4.69, 9.17) is 9.15 Å². The van der Waals surface area contributed by atoms with Gasteiger partial charge in [0, 0.05) is 15.8 Å². The normalized spacial score (nSPS) is 10.4. The highest BCUT2D eigenvalue weighted by Gasteiger charge is 2.15. The number of carbonyl (C=O) groups is 3. The molecule has 2 N–H and O–H groups in total. The molecule has 1 heterocycles. The van der Waals surface area contributed by atoms with Crippen molar-refractivity contribution in [3.05, 3.63) is 81.7 Å². The van der Waals surface area contributed by atoms with Crippen molar-refractivity contribution in [3.8, 4) is 0 Å². The highest BCUT2D eigenvalue weighted by Crippen LogP contribution is 2.21. The van der Waals surface area contributed by atoms with Crippen LogP contribution in [0.2, 0.25) is 0 Å². The molecule has 8 heteroatoms. The number of halogens is 1. The van der Waals surface area contributed by atoms with E-state index in [1.165, 1.54) is 18.4 Å². The summed E-state index contributed by atoms with van der Waals surface area (Å²) in [6.45, 7) is 3.22. The van der Waals surface area contributed by atoms with Crippen LogP contribution >= 0.6 is 15.9 Å². The third kappa shape index (κ3) is 5.36. The van der Waals surface area contributed by atoms with Crippen molar-refractivity contribution in [1.82, 2.24) is 0 Å². The second-order valence-corrected chi connectivity index (χ2v) is 7.46.